The molecule has 1 saturated heterocycles. The van der Waals surface area contributed by atoms with Gasteiger partial charge in [-0.3, -0.25) is 4.57 Å². The number of aliphatic hydroxyl groups excluding tert-OH is 3. The number of fused-ring (bicyclic) bond motifs is 1. The minimum absolute atomic E-state index is 0.186. The molecule has 4 atom stereocenters. The van der Waals surface area contributed by atoms with E-state index in [4.69, 9.17) is 9.26 Å². The number of ether oxygens (including phenoxy) is 1. The zero-order valence-corrected chi connectivity index (χ0v) is 21.5. The maximum absolute atomic E-state index is 10.9. The summed E-state index contributed by atoms with van der Waals surface area (Å²) in [5.41, 5.74) is 2.19. The lowest BCUT2D eigenvalue weighted by atomic mass is 10.1. The predicted octanol–water partition coefficient (Wildman–Crippen LogP) is 1.29. The van der Waals surface area contributed by atoms with Crippen LogP contribution in [0, 0.1) is 0 Å². The molecule has 0 radical (unpaired) electrons. The molecule has 4 aromatic rings. The Bertz CT molecular complexity index is 1360. The summed E-state index contributed by atoms with van der Waals surface area (Å²) in [5, 5.41) is 41.4. The summed E-state index contributed by atoms with van der Waals surface area (Å²) < 4.78 is 14.7. The van der Waals surface area contributed by atoms with Crippen LogP contribution in [0.15, 0.2) is 29.4 Å². The largest absolute Gasteiger partial charge is 0.390 e. The number of hydrogen-bond donors (Lipinski definition) is 5. The molecule has 0 amide bonds. The van der Waals surface area contributed by atoms with Crippen molar-refractivity contribution in [1.82, 2.24) is 34.2 Å². The van der Waals surface area contributed by atoms with E-state index in [-0.39, 0.29) is 18.4 Å². The van der Waals surface area contributed by atoms with Gasteiger partial charge in [0, 0.05) is 38.3 Å². The molecule has 5 rings (SSSR count). The molecule has 1 fully saturated rings. The lowest BCUT2D eigenvalue weighted by Crippen LogP contribution is -2.29. The number of aryl methyl sites for hydroxylation is 1. The standard InChI is InChI=1S/C24H33N9O5/c1-4-13(5-2)28-21-17-22(30-24(29-21)25-7-6-14-9-32(3)11-26-14)33(12-27-17)23-19(36)18(35)20(37-23)16-8-15(10-34)31-38-16/h8-9,11-13,18-20,23,34-36H,4-7,10H2,1-3H3,(H2,25,28,29,30)/t18-,19+,20+,23+/m0/s1. The second-order valence-electron chi connectivity index (χ2n) is 9.39. The molecule has 204 valence electrons. The molecular formula is C24H33N9O5. The molecule has 14 nitrogen and oxygen atoms in total. The molecule has 0 aromatic carbocycles. The summed E-state index contributed by atoms with van der Waals surface area (Å²) in [5.74, 6) is 1.15. The lowest BCUT2D eigenvalue weighted by Gasteiger charge is -2.18. The normalized spacial score (nSPS) is 21.6. The molecule has 0 spiro atoms. The van der Waals surface area contributed by atoms with E-state index in [1.165, 1.54) is 12.4 Å². The fraction of sp³-hybridized carbons (Fsp3) is 0.542. The average molecular weight is 528 g/mol. The number of nitrogens with one attached hydrogen (secondary N) is 2. The van der Waals surface area contributed by atoms with Gasteiger partial charge >= 0.3 is 0 Å². The van der Waals surface area contributed by atoms with Crippen LogP contribution in [0.3, 0.4) is 0 Å². The van der Waals surface area contributed by atoms with Crippen LogP contribution in [-0.2, 0) is 24.8 Å². The molecule has 4 aromatic heterocycles. The third kappa shape index (κ3) is 5.07. The van der Waals surface area contributed by atoms with Crippen molar-refractivity contribution in [3.8, 4) is 0 Å². The number of hydrogen-bond acceptors (Lipinski definition) is 12. The summed E-state index contributed by atoms with van der Waals surface area (Å²) in [7, 11) is 1.92. The van der Waals surface area contributed by atoms with Crippen molar-refractivity contribution in [2.24, 2.45) is 7.05 Å². The molecule has 0 aliphatic carbocycles. The Hall–Kier alpha value is -3.59. The molecule has 0 saturated carbocycles. The van der Waals surface area contributed by atoms with Crippen molar-refractivity contribution < 1.29 is 24.6 Å². The molecule has 5 N–H and O–H groups in total. The van der Waals surface area contributed by atoms with Crippen molar-refractivity contribution in [3.63, 3.8) is 0 Å². The maximum Gasteiger partial charge on any atom is 0.226 e. The van der Waals surface area contributed by atoms with Crippen LogP contribution in [0.5, 0.6) is 0 Å². The highest BCUT2D eigenvalue weighted by atomic mass is 16.6. The Balaban J connectivity index is 1.45. The van der Waals surface area contributed by atoms with E-state index in [1.807, 2.05) is 17.8 Å². The monoisotopic (exact) mass is 527 g/mol. The Kier molecular flexibility index (Phi) is 7.56. The maximum atomic E-state index is 10.9. The Morgan fingerprint density at radius 1 is 1.08 bits per heavy atom. The summed E-state index contributed by atoms with van der Waals surface area (Å²) in [4.78, 5) is 18.2. The summed E-state index contributed by atoms with van der Waals surface area (Å²) in [6.45, 7) is 4.44. The Morgan fingerprint density at radius 2 is 1.89 bits per heavy atom. The second-order valence-corrected chi connectivity index (χ2v) is 9.39. The first-order valence-corrected chi connectivity index (χ1v) is 12.7. The van der Waals surface area contributed by atoms with Crippen LogP contribution in [0.1, 0.15) is 56.2 Å². The number of rotatable bonds is 11. The molecule has 38 heavy (non-hydrogen) atoms. The van der Waals surface area contributed by atoms with Gasteiger partial charge < -0.3 is 39.8 Å². The van der Waals surface area contributed by atoms with Crippen molar-refractivity contribution in [1.29, 1.82) is 0 Å². The molecule has 14 heteroatoms. The third-order valence-electron chi connectivity index (χ3n) is 6.70. The van der Waals surface area contributed by atoms with E-state index >= 15 is 0 Å². The number of anilines is 2. The zero-order valence-electron chi connectivity index (χ0n) is 21.5. The Labute approximate surface area is 218 Å². The van der Waals surface area contributed by atoms with Crippen LogP contribution in [-0.4, -0.2) is 74.3 Å². The molecular weight excluding hydrogens is 494 g/mol. The Morgan fingerprint density at radius 3 is 2.58 bits per heavy atom. The van der Waals surface area contributed by atoms with Crippen molar-refractivity contribution in [2.45, 2.75) is 70.3 Å². The van der Waals surface area contributed by atoms with Gasteiger partial charge in [0.1, 0.15) is 24.0 Å². The average Bonchev–Trinajstić information content (AvgIpc) is 3.71. The quantitative estimate of drug-likeness (QED) is 0.189. The van der Waals surface area contributed by atoms with E-state index in [0.29, 0.717) is 41.6 Å². The fourth-order valence-corrected chi connectivity index (χ4v) is 4.53. The van der Waals surface area contributed by atoms with Gasteiger partial charge in [-0.25, -0.2) is 9.97 Å². The molecule has 0 bridgehead atoms. The summed E-state index contributed by atoms with van der Waals surface area (Å²) >= 11 is 0. The van der Waals surface area contributed by atoms with Gasteiger partial charge in [0.2, 0.25) is 5.95 Å². The highest BCUT2D eigenvalue weighted by Gasteiger charge is 2.47. The van der Waals surface area contributed by atoms with Crippen molar-refractivity contribution in [3.05, 3.63) is 42.1 Å². The van der Waals surface area contributed by atoms with Crippen LogP contribution < -0.4 is 10.6 Å². The second kappa shape index (κ2) is 11.0. The highest BCUT2D eigenvalue weighted by molar-refractivity contribution is 5.84. The summed E-state index contributed by atoms with van der Waals surface area (Å²) in [6, 6.07) is 1.67. The van der Waals surface area contributed by atoms with E-state index in [1.54, 1.807) is 10.9 Å². The number of imidazole rings is 2. The topological polar surface area (TPSA) is 181 Å². The first-order valence-electron chi connectivity index (χ1n) is 12.7. The number of aliphatic hydroxyl groups is 3. The fourth-order valence-electron chi connectivity index (χ4n) is 4.53. The first kappa shape index (κ1) is 26.0. The minimum Gasteiger partial charge on any atom is -0.390 e. The van der Waals surface area contributed by atoms with E-state index in [9.17, 15) is 15.3 Å². The van der Waals surface area contributed by atoms with Gasteiger partial charge in [0.15, 0.2) is 29.0 Å². The smallest absolute Gasteiger partial charge is 0.226 e. The van der Waals surface area contributed by atoms with Crippen LogP contribution in [0.2, 0.25) is 0 Å². The van der Waals surface area contributed by atoms with Crippen LogP contribution in [0.25, 0.3) is 11.2 Å². The van der Waals surface area contributed by atoms with Crippen molar-refractivity contribution >= 4 is 22.9 Å². The molecule has 5 heterocycles. The zero-order chi connectivity index (χ0) is 26.8. The number of nitrogens with zero attached hydrogens (tertiary/aromatic N) is 7. The summed E-state index contributed by atoms with van der Waals surface area (Å²) in [6.07, 6.45) is 3.13. The van der Waals surface area contributed by atoms with Gasteiger partial charge in [0.05, 0.1) is 25.0 Å². The number of aromatic nitrogens is 7. The van der Waals surface area contributed by atoms with Crippen molar-refractivity contribution in [2.75, 3.05) is 17.2 Å². The minimum atomic E-state index is -1.30. The SMILES string of the molecule is CCC(CC)Nc1nc(NCCc2cn(C)cn2)nc2c1ncn2[C@@H]1O[C@H](c2cc(CO)no2)[C@@H](O)[C@H]1O. The van der Waals surface area contributed by atoms with Crippen LogP contribution in [0.4, 0.5) is 11.8 Å². The van der Waals surface area contributed by atoms with Gasteiger partial charge in [-0.1, -0.05) is 19.0 Å². The van der Waals surface area contributed by atoms with Gasteiger partial charge in [0.25, 0.3) is 0 Å². The van der Waals surface area contributed by atoms with Gasteiger partial charge in [-0.05, 0) is 12.8 Å². The predicted molar refractivity (Wildman–Crippen MR) is 136 cm³/mol. The van der Waals surface area contributed by atoms with Gasteiger partial charge in [-0.15, -0.1) is 0 Å². The third-order valence-corrected chi connectivity index (χ3v) is 6.70. The molecule has 0 unspecified atom stereocenters. The van der Waals surface area contributed by atoms with Gasteiger partial charge in [-0.2, -0.15) is 9.97 Å². The highest BCUT2D eigenvalue weighted by Crippen LogP contribution is 2.40. The molecule has 1 aliphatic rings. The molecule has 1 aliphatic heterocycles. The van der Waals surface area contributed by atoms with E-state index < -0.39 is 24.5 Å². The van der Waals surface area contributed by atoms with E-state index in [0.717, 1.165) is 18.5 Å². The van der Waals surface area contributed by atoms with E-state index in [2.05, 4.69) is 49.6 Å². The van der Waals surface area contributed by atoms with Crippen LogP contribution >= 0.6 is 0 Å². The first-order chi connectivity index (χ1) is 18.4. The lowest BCUT2D eigenvalue weighted by molar-refractivity contribution is -0.0434.